The fourth-order valence-corrected chi connectivity index (χ4v) is 1.91. The number of ether oxygens (including phenoxy) is 2. The van der Waals surface area contributed by atoms with E-state index >= 15 is 0 Å². The smallest absolute Gasteiger partial charge is 0.124 e. The molecule has 17 heavy (non-hydrogen) atoms. The average Bonchev–Trinajstić information content (AvgIpc) is 2.32. The second kappa shape index (κ2) is 5.17. The zero-order valence-electron chi connectivity index (χ0n) is 9.85. The van der Waals surface area contributed by atoms with Gasteiger partial charge in [0, 0.05) is 11.6 Å². The van der Waals surface area contributed by atoms with Crippen LogP contribution < -0.4 is 10.5 Å². The second-order valence-electron chi connectivity index (χ2n) is 4.30. The molecule has 0 aliphatic heterocycles. The highest BCUT2D eigenvalue weighted by atomic mass is 16.5. The summed E-state index contributed by atoms with van der Waals surface area (Å²) in [6.07, 6.45) is 2.08. The monoisotopic (exact) mass is 232 g/mol. The minimum Gasteiger partial charge on any atom is -0.496 e. The van der Waals surface area contributed by atoms with E-state index < -0.39 is 0 Å². The summed E-state index contributed by atoms with van der Waals surface area (Å²) >= 11 is 0. The Morgan fingerprint density at radius 1 is 1.47 bits per heavy atom. The molecule has 0 heterocycles. The Bertz CT molecular complexity index is 434. The van der Waals surface area contributed by atoms with Crippen molar-refractivity contribution in [3.8, 4) is 11.8 Å². The summed E-state index contributed by atoms with van der Waals surface area (Å²) in [6.45, 7) is 0.468. The van der Waals surface area contributed by atoms with Gasteiger partial charge in [-0.05, 0) is 31.0 Å². The van der Waals surface area contributed by atoms with Crippen LogP contribution in [0.4, 0.5) is 0 Å². The van der Waals surface area contributed by atoms with Gasteiger partial charge in [-0.25, -0.2) is 0 Å². The zero-order chi connectivity index (χ0) is 12.3. The minimum absolute atomic E-state index is 0.250. The van der Waals surface area contributed by atoms with E-state index in [9.17, 15) is 0 Å². The van der Waals surface area contributed by atoms with Gasteiger partial charge in [-0.2, -0.15) is 5.26 Å². The maximum atomic E-state index is 8.85. The second-order valence-corrected chi connectivity index (χ2v) is 4.30. The molecular weight excluding hydrogens is 216 g/mol. The van der Waals surface area contributed by atoms with Crippen LogP contribution in [0.15, 0.2) is 18.2 Å². The fourth-order valence-electron chi connectivity index (χ4n) is 1.91. The maximum Gasteiger partial charge on any atom is 0.124 e. The Balaban J connectivity index is 2.00. The third kappa shape index (κ3) is 2.76. The van der Waals surface area contributed by atoms with Crippen molar-refractivity contribution >= 4 is 0 Å². The van der Waals surface area contributed by atoms with E-state index in [0.29, 0.717) is 12.2 Å². The van der Waals surface area contributed by atoms with Crippen LogP contribution in [0.5, 0.6) is 5.75 Å². The molecule has 1 aliphatic carbocycles. The number of nitriles is 1. The zero-order valence-corrected chi connectivity index (χ0v) is 9.85. The Labute approximate surface area is 101 Å². The van der Waals surface area contributed by atoms with Crippen molar-refractivity contribution in [2.45, 2.75) is 31.6 Å². The topological polar surface area (TPSA) is 68.3 Å². The van der Waals surface area contributed by atoms with Gasteiger partial charge in [0.25, 0.3) is 0 Å². The molecule has 90 valence electrons. The Kier molecular flexibility index (Phi) is 3.62. The van der Waals surface area contributed by atoms with Crippen molar-refractivity contribution in [2.75, 3.05) is 7.11 Å². The normalized spacial score (nSPS) is 22.6. The first-order valence-corrected chi connectivity index (χ1v) is 5.67. The van der Waals surface area contributed by atoms with E-state index in [1.165, 1.54) is 0 Å². The van der Waals surface area contributed by atoms with Gasteiger partial charge in [0.1, 0.15) is 5.75 Å². The number of hydrogen-bond acceptors (Lipinski definition) is 4. The van der Waals surface area contributed by atoms with E-state index in [1.807, 2.05) is 0 Å². The molecule has 0 unspecified atom stereocenters. The lowest BCUT2D eigenvalue weighted by atomic mass is 9.90. The van der Waals surface area contributed by atoms with Crippen molar-refractivity contribution in [3.63, 3.8) is 0 Å². The highest BCUT2D eigenvalue weighted by molar-refractivity contribution is 5.41. The van der Waals surface area contributed by atoms with Gasteiger partial charge in [0.05, 0.1) is 31.5 Å². The van der Waals surface area contributed by atoms with Crippen molar-refractivity contribution in [2.24, 2.45) is 5.73 Å². The summed E-state index contributed by atoms with van der Waals surface area (Å²) in [5.74, 6) is 0.757. The molecular formula is C13H16N2O2. The van der Waals surface area contributed by atoms with Crippen LogP contribution in [0, 0.1) is 11.3 Å². The molecule has 1 saturated carbocycles. The van der Waals surface area contributed by atoms with E-state index in [4.69, 9.17) is 20.5 Å². The largest absolute Gasteiger partial charge is 0.496 e. The van der Waals surface area contributed by atoms with Crippen LogP contribution >= 0.6 is 0 Å². The molecule has 1 fully saturated rings. The van der Waals surface area contributed by atoms with Gasteiger partial charge in [0.15, 0.2) is 0 Å². The van der Waals surface area contributed by atoms with Crippen molar-refractivity contribution < 1.29 is 9.47 Å². The number of rotatable bonds is 4. The molecule has 1 aliphatic rings. The molecule has 0 aromatic heterocycles. The summed E-state index contributed by atoms with van der Waals surface area (Å²) in [5, 5.41) is 8.85. The lowest BCUT2D eigenvalue weighted by Crippen LogP contribution is -2.41. The fraction of sp³-hybridized carbons (Fsp3) is 0.462. The first-order chi connectivity index (χ1) is 8.22. The maximum absolute atomic E-state index is 8.85. The van der Waals surface area contributed by atoms with Crippen molar-refractivity contribution in [1.82, 2.24) is 0 Å². The van der Waals surface area contributed by atoms with Crippen LogP contribution in [0.1, 0.15) is 24.0 Å². The van der Waals surface area contributed by atoms with Gasteiger partial charge in [0.2, 0.25) is 0 Å². The molecule has 1 aromatic carbocycles. The molecule has 4 heteroatoms. The highest BCUT2D eigenvalue weighted by Crippen LogP contribution is 2.25. The lowest BCUT2D eigenvalue weighted by Gasteiger charge is -2.32. The third-order valence-electron chi connectivity index (χ3n) is 3.02. The summed E-state index contributed by atoms with van der Waals surface area (Å²) in [7, 11) is 1.62. The van der Waals surface area contributed by atoms with Crippen LogP contribution in [-0.2, 0) is 11.3 Å². The Hall–Kier alpha value is -1.57. The van der Waals surface area contributed by atoms with E-state index in [2.05, 4.69) is 6.07 Å². The number of nitrogens with two attached hydrogens (primary N) is 1. The number of methoxy groups -OCH3 is 1. The third-order valence-corrected chi connectivity index (χ3v) is 3.02. The molecule has 2 rings (SSSR count). The molecule has 0 spiro atoms. The highest BCUT2D eigenvalue weighted by Gasteiger charge is 2.26. The minimum atomic E-state index is 0.250. The van der Waals surface area contributed by atoms with Crippen LogP contribution in [0.25, 0.3) is 0 Å². The van der Waals surface area contributed by atoms with Gasteiger partial charge in [-0.15, -0.1) is 0 Å². The van der Waals surface area contributed by atoms with Crippen molar-refractivity contribution in [1.29, 1.82) is 5.26 Å². The predicted molar refractivity (Wildman–Crippen MR) is 63.5 cm³/mol. The van der Waals surface area contributed by atoms with E-state index in [1.54, 1.807) is 25.3 Å². The molecule has 0 saturated heterocycles. The lowest BCUT2D eigenvalue weighted by molar-refractivity contribution is -0.0194. The SMILES string of the molecule is COc1ccc(C#N)cc1COC1CC(N)C1. The van der Waals surface area contributed by atoms with Gasteiger partial charge in [-0.1, -0.05) is 0 Å². The summed E-state index contributed by atoms with van der Waals surface area (Å²) in [4.78, 5) is 0. The average molecular weight is 232 g/mol. The van der Waals surface area contributed by atoms with E-state index in [0.717, 1.165) is 24.2 Å². The summed E-state index contributed by atoms with van der Waals surface area (Å²) < 4.78 is 10.9. The molecule has 0 radical (unpaired) electrons. The summed E-state index contributed by atoms with van der Waals surface area (Å²) in [5.41, 5.74) is 7.22. The van der Waals surface area contributed by atoms with Crippen LogP contribution in [-0.4, -0.2) is 19.3 Å². The number of nitrogens with zero attached hydrogens (tertiary/aromatic N) is 1. The van der Waals surface area contributed by atoms with E-state index in [-0.39, 0.29) is 12.1 Å². The number of hydrogen-bond donors (Lipinski definition) is 1. The molecule has 0 amide bonds. The first-order valence-electron chi connectivity index (χ1n) is 5.67. The quantitative estimate of drug-likeness (QED) is 0.855. The molecule has 0 atom stereocenters. The first kappa shape index (κ1) is 11.9. The Morgan fingerprint density at radius 2 is 2.24 bits per heavy atom. The van der Waals surface area contributed by atoms with Gasteiger partial charge >= 0.3 is 0 Å². The van der Waals surface area contributed by atoms with Gasteiger partial charge in [-0.3, -0.25) is 0 Å². The Morgan fingerprint density at radius 3 is 2.82 bits per heavy atom. The molecule has 1 aromatic rings. The number of benzene rings is 1. The van der Waals surface area contributed by atoms with Crippen molar-refractivity contribution in [3.05, 3.63) is 29.3 Å². The predicted octanol–water partition coefficient (Wildman–Crippen LogP) is 1.57. The standard InChI is InChI=1S/C13H16N2O2/c1-16-13-3-2-9(7-14)4-10(13)8-17-12-5-11(15)6-12/h2-4,11-12H,5-6,8,15H2,1H3. The van der Waals surface area contributed by atoms with Crippen LogP contribution in [0.3, 0.4) is 0 Å². The molecule has 4 nitrogen and oxygen atoms in total. The van der Waals surface area contributed by atoms with Gasteiger partial charge < -0.3 is 15.2 Å². The summed E-state index contributed by atoms with van der Waals surface area (Å²) in [6, 6.07) is 7.73. The molecule has 2 N–H and O–H groups in total. The molecule has 0 bridgehead atoms. The van der Waals surface area contributed by atoms with Crippen LogP contribution in [0.2, 0.25) is 0 Å².